The third kappa shape index (κ3) is 3.66. The molecule has 1 N–H and O–H groups in total. The Balaban J connectivity index is 1.66. The second kappa shape index (κ2) is 7.22. The van der Waals surface area contributed by atoms with Crippen LogP contribution in [0.15, 0.2) is 28.8 Å². The van der Waals surface area contributed by atoms with Crippen molar-refractivity contribution in [1.82, 2.24) is 15.0 Å². The zero-order chi connectivity index (χ0) is 15.4. The molecule has 6 heteroatoms. The lowest BCUT2D eigenvalue weighted by Crippen LogP contribution is -2.29. The number of hydrogen-bond donors (Lipinski definition) is 1. The van der Waals surface area contributed by atoms with Crippen molar-refractivity contribution in [3.05, 3.63) is 35.2 Å². The van der Waals surface area contributed by atoms with E-state index in [0.717, 1.165) is 24.9 Å². The van der Waals surface area contributed by atoms with Crippen molar-refractivity contribution in [3.63, 3.8) is 0 Å². The van der Waals surface area contributed by atoms with E-state index in [-0.39, 0.29) is 6.61 Å². The van der Waals surface area contributed by atoms with Gasteiger partial charge in [0.05, 0.1) is 6.54 Å². The lowest BCUT2D eigenvalue weighted by molar-refractivity contribution is 0.188. The van der Waals surface area contributed by atoms with Crippen molar-refractivity contribution in [3.8, 4) is 11.4 Å². The molecule has 1 fully saturated rings. The maximum absolute atomic E-state index is 8.98. The molecule has 0 bridgehead atoms. The minimum Gasteiger partial charge on any atom is -0.396 e. The highest BCUT2D eigenvalue weighted by Crippen LogP contribution is 2.24. The summed E-state index contributed by atoms with van der Waals surface area (Å²) in [6.07, 6.45) is 4.23. The number of nitrogens with zero attached hydrogens (tertiary/aromatic N) is 3. The molecule has 5 nitrogen and oxygen atoms in total. The maximum atomic E-state index is 8.98. The van der Waals surface area contributed by atoms with Gasteiger partial charge in [0.25, 0.3) is 0 Å². The monoisotopic (exact) mass is 321 g/mol. The molecule has 1 unspecified atom stereocenters. The van der Waals surface area contributed by atoms with Gasteiger partial charge in [-0.1, -0.05) is 28.9 Å². The average Bonchev–Trinajstić information content (AvgIpc) is 3.15. The second-order valence-electron chi connectivity index (χ2n) is 5.65. The molecule has 1 aromatic heterocycles. The maximum Gasteiger partial charge on any atom is 0.241 e. The minimum atomic E-state index is 0.254. The first-order valence-corrected chi connectivity index (χ1v) is 8.07. The number of aromatic nitrogens is 2. The smallest absolute Gasteiger partial charge is 0.241 e. The van der Waals surface area contributed by atoms with E-state index in [1.54, 1.807) is 0 Å². The summed E-state index contributed by atoms with van der Waals surface area (Å²) in [4.78, 5) is 6.84. The fraction of sp³-hybridized carbons (Fsp3) is 0.500. The number of rotatable bonds is 6. The van der Waals surface area contributed by atoms with Crippen molar-refractivity contribution in [2.75, 3.05) is 13.2 Å². The molecule has 0 aliphatic carbocycles. The molecular formula is C16H20ClN3O2. The summed E-state index contributed by atoms with van der Waals surface area (Å²) in [5.74, 6) is 1.20. The van der Waals surface area contributed by atoms with Gasteiger partial charge in [0.2, 0.25) is 11.7 Å². The van der Waals surface area contributed by atoms with Gasteiger partial charge in [-0.25, -0.2) is 0 Å². The molecule has 2 aromatic rings. The fourth-order valence-electron chi connectivity index (χ4n) is 2.99. The van der Waals surface area contributed by atoms with E-state index in [2.05, 4.69) is 15.0 Å². The van der Waals surface area contributed by atoms with Gasteiger partial charge in [0, 0.05) is 23.2 Å². The summed E-state index contributed by atoms with van der Waals surface area (Å²) in [5.41, 5.74) is 0.862. The summed E-state index contributed by atoms with van der Waals surface area (Å²) in [5, 5.41) is 13.7. The van der Waals surface area contributed by atoms with E-state index in [1.807, 2.05) is 24.3 Å². The molecule has 3 rings (SSSR count). The van der Waals surface area contributed by atoms with E-state index >= 15 is 0 Å². The Morgan fingerprint density at radius 3 is 3.14 bits per heavy atom. The van der Waals surface area contributed by atoms with Gasteiger partial charge < -0.3 is 9.63 Å². The molecule has 0 amide bonds. The molecule has 1 aliphatic rings. The molecule has 22 heavy (non-hydrogen) atoms. The predicted octanol–water partition coefficient (Wildman–Crippen LogP) is 3.13. The number of aliphatic hydroxyl groups is 1. The van der Waals surface area contributed by atoms with Gasteiger partial charge >= 0.3 is 0 Å². The van der Waals surface area contributed by atoms with Crippen molar-refractivity contribution >= 4 is 11.6 Å². The highest BCUT2D eigenvalue weighted by atomic mass is 35.5. The first-order chi connectivity index (χ1) is 10.8. The molecule has 0 radical (unpaired) electrons. The largest absolute Gasteiger partial charge is 0.396 e. The summed E-state index contributed by atoms with van der Waals surface area (Å²) in [6.45, 7) is 1.97. The van der Waals surface area contributed by atoms with Crippen molar-refractivity contribution < 1.29 is 9.63 Å². The van der Waals surface area contributed by atoms with Crippen LogP contribution in [-0.4, -0.2) is 39.3 Å². The number of benzene rings is 1. The van der Waals surface area contributed by atoms with Gasteiger partial charge in [0.1, 0.15) is 0 Å². The first kappa shape index (κ1) is 15.5. The van der Waals surface area contributed by atoms with Crippen LogP contribution in [0.4, 0.5) is 0 Å². The quantitative estimate of drug-likeness (QED) is 0.885. The summed E-state index contributed by atoms with van der Waals surface area (Å²) < 4.78 is 5.38. The van der Waals surface area contributed by atoms with E-state index in [1.165, 1.54) is 12.8 Å². The highest BCUT2D eigenvalue weighted by molar-refractivity contribution is 6.30. The van der Waals surface area contributed by atoms with Crippen LogP contribution in [0.2, 0.25) is 5.02 Å². The van der Waals surface area contributed by atoms with Crippen molar-refractivity contribution in [2.45, 2.75) is 38.3 Å². The fourth-order valence-corrected chi connectivity index (χ4v) is 3.19. The molecule has 1 saturated heterocycles. The van der Waals surface area contributed by atoms with Gasteiger partial charge in [-0.3, -0.25) is 4.90 Å². The molecular weight excluding hydrogens is 302 g/mol. The standard InChI is InChI=1S/C16H20ClN3O2/c17-13-5-1-4-12(10-13)16-18-15(22-19-16)11-20-8-2-6-14(20)7-3-9-21/h1,4-5,10,14,21H,2-3,6-9,11H2. The zero-order valence-corrected chi connectivity index (χ0v) is 13.2. The molecule has 0 spiro atoms. The van der Waals surface area contributed by atoms with Crippen LogP contribution in [0.3, 0.4) is 0 Å². The van der Waals surface area contributed by atoms with Gasteiger partial charge in [-0.2, -0.15) is 4.98 Å². The number of likely N-dealkylation sites (tertiary alicyclic amines) is 1. The molecule has 2 heterocycles. The van der Waals surface area contributed by atoms with Crippen LogP contribution >= 0.6 is 11.6 Å². The van der Waals surface area contributed by atoms with Crippen molar-refractivity contribution in [1.29, 1.82) is 0 Å². The molecule has 1 aliphatic heterocycles. The first-order valence-electron chi connectivity index (χ1n) is 7.69. The zero-order valence-electron chi connectivity index (χ0n) is 12.4. The van der Waals surface area contributed by atoms with Crippen molar-refractivity contribution in [2.24, 2.45) is 0 Å². The van der Waals surface area contributed by atoms with E-state index in [0.29, 0.717) is 29.3 Å². The molecule has 1 atom stereocenters. The number of aliphatic hydroxyl groups excluding tert-OH is 1. The highest BCUT2D eigenvalue weighted by Gasteiger charge is 2.25. The second-order valence-corrected chi connectivity index (χ2v) is 6.09. The summed E-state index contributed by atoms with van der Waals surface area (Å²) in [6, 6.07) is 7.95. The van der Waals surface area contributed by atoms with Gasteiger partial charge in [-0.15, -0.1) is 0 Å². The number of hydrogen-bond acceptors (Lipinski definition) is 5. The Kier molecular flexibility index (Phi) is 5.08. The van der Waals surface area contributed by atoms with Crippen LogP contribution in [0.1, 0.15) is 31.6 Å². The predicted molar refractivity (Wildman–Crippen MR) is 84.5 cm³/mol. The normalized spacial score (nSPS) is 18.9. The lowest BCUT2D eigenvalue weighted by atomic mass is 10.1. The Morgan fingerprint density at radius 2 is 2.32 bits per heavy atom. The number of halogens is 1. The Labute approximate surface area is 134 Å². The van der Waals surface area contributed by atoms with Crippen LogP contribution < -0.4 is 0 Å². The van der Waals surface area contributed by atoms with Gasteiger partial charge in [0.15, 0.2) is 0 Å². The Morgan fingerprint density at radius 1 is 1.41 bits per heavy atom. The van der Waals surface area contributed by atoms with Gasteiger partial charge in [-0.05, 0) is 44.4 Å². The Hall–Kier alpha value is -1.43. The lowest BCUT2D eigenvalue weighted by Gasteiger charge is -2.22. The average molecular weight is 322 g/mol. The van der Waals surface area contributed by atoms with Crippen LogP contribution in [0.5, 0.6) is 0 Å². The minimum absolute atomic E-state index is 0.254. The van der Waals surface area contributed by atoms with Crippen LogP contribution in [-0.2, 0) is 6.54 Å². The van der Waals surface area contributed by atoms with E-state index in [4.69, 9.17) is 21.2 Å². The molecule has 1 aromatic carbocycles. The summed E-state index contributed by atoms with van der Waals surface area (Å²) in [7, 11) is 0. The Bertz CT molecular complexity index is 617. The topological polar surface area (TPSA) is 62.4 Å². The third-order valence-corrected chi connectivity index (χ3v) is 4.32. The van der Waals surface area contributed by atoms with E-state index in [9.17, 15) is 0 Å². The van der Waals surface area contributed by atoms with Crippen LogP contribution in [0, 0.1) is 0 Å². The molecule has 118 valence electrons. The molecule has 0 saturated carbocycles. The SMILES string of the molecule is OCCCC1CCCN1Cc1nc(-c2cccc(Cl)c2)no1. The van der Waals surface area contributed by atoms with Crippen LogP contribution in [0.25, 0.3) is 11.4 Å². The third-order valence-electron chi connectivity index (χ3n) is 4.08. The summed E-state index contributed by atoms with van der Waals surface area (Å²) >= 11 is 5.99. The van der Waals surface area contributed by atoms with E-state index < -0.39 is 0 Å².